The van der Waals surface area contributed by atoms with Gasteiger partial charge in [0.25, 0.3) is 0 Å². The molecule has 0 atom stereocenters. The zero-order valence-electron chi connectivity index (χ0n) is 11.9. The fraction of sp³-hybridized carbons (Fsp3) is 0.0588. The number of anilines is 1. The number of nitrogens with one attached hydrogen (secondary N) is 1. The first-order valence-corrected chi connectivity index (χ1v) is 7.60. The van der Waals surface area contributed by atoms with E-state index in [1.54, 1.807) is 24.3 Å². The first-order chi connectivity index (χ1) is 10.6. The molecule has 0 aliphatic carbocycles. The van der Waals surface area contributed by atoms with Gasteiger partial charge in [-0.15, -0.1) is 0 Å². The molecule has 0 saturated carbocycles. The minimum Gasteiger partial charge on any atom is -0.464 e. The SMILES string of the molecule is COC(=O)/C(=C\C(=O)c1ccccc1)Nc1ccc(I)cc1. The molecule has 22 heavy (non-hydrogen) atoms. The predicted octanol–water partition coefficient (Wildman–Crippen LogP) is 3.64. The summed E-state index contributed by atoms with van der Waals surface area (Å²) in [6, 6.07) is 16.2. The quantitative estimate of drug-likeness (QED) is 0.356. The van der Waals surface area contributed by atoms with Crippen LogP contribution in [0.1, 0.15) is 10.4 Å². The van der Waals surface area contributed by atoms with Gasteiger partial charge in [0.15, 0.2) is 5.78 Å². The number of carbonyl (C=O) groups excluding carboxylic acids is 2. The van der Waals surface area contributed by atoms with Crippen LogP contribution >= 0.6 is 22.6 Å². The molecule has 0 unspecified atom stereocenters. The summed E-state index contributed by atoms with van der Waals surface area (Å²) in [6.45, 7) is 0. The van der Waals surface area contributed by atoms with E-state index in [0.717, 1.165) is 3.57 Å². The van der Waals surface area contributed by atoms with Gasteiger partial charge in [0.05, 0.1) is 7.11 Å². The van der Waals surface area contributed by atoms with Crippen molar-refractivity contribution in [1.29, 1.82) is 0 Å². The highest BCUT2D eigenvalue weighted by molar-refractivity contribution is 14.1. The lowest BCUT2D eigenvalue weighted by Crippen LogP contribution is -2.15. The van der Waals surface area contributed by atoms with Crippen LogP contribution in [0.3, 0.4) is 0 Å². The first kappa shape index (κ1) is 16.2. The summed E-state index contributed by atoms with van der Waals surface area (Å²) in [4.78, 5) is 24.0. The standard InChI is InChI=1S/C17H14INO3/c1-22-17(21)15(19-14-9-7-13(18)8-10-14)11-16(20)12-5-3-2-4-6-12/h2-11,19H,1H3/b15-11+. The maximum atomic E-state index is 12.2. The number of carbonyl (C=O) groups is 2. The Morgan fingerprint density at radius 2 is 1.68 bits per heavy atom. The highest BCUT2D eigenvalue weighted by Crippen LogP contribution is 2.14. The second kappa shape index (κ2) is 7.74. The third-order valence-corrected chi connectivity index (χ3v) is 3.58. The van der Waals surface area contributed by atoms with Gasteiger partial charge in [0, 0.05) is 20.9 Å². The third kappa shape index (κ3) is 4.42. The fourth-order valence-electron chi connectivity index (χ4n) is 1.76. The number of ether oxygens (including phenoxy) is 1. The summed E-state index contributed by atoms with van der Waals surface area (Å²) in [5.41, 5.74) is 1.31. The van der Waals surface area contributed by atoms with Crippen molar-refractivity contribution in [2.75, 3.05) is 12.4 Å². The molecule has 2 rings (SSSR count). The summed E-state index contributed by atoms with van der Waals surface area (Å²) in [6.07, 6.45) is 1.25. The molecule has 0 aliphatic rings. The molecular weight excluding hydrogens is 393 g/mol. The van der Waals surface area contributed by atoms with Crippen molar-refractivity contribution in [2.45, 2.75) is 0 Å². The minimum absolute atomic E-state index is 0.0950. The average molecular weight is 407 g/mol. The molecular formula is C17H14INO3. The van der Waals surface area contributed by atoms with Gasteiger partial charge in [-0.3, -0.25) is 4.79 Å². The molecule has 0 aliphatic heterocycles. The molecule has 0 amide bonds. The van der Waals surface area contributed by atoms with Crippen LogP contribution < -0.4 is 5.32 Å². The Kier molecular flexibility index (Phi) is 5.71. The van der Waals surface area contributed by atoms with Crippen LogP contribution in [0.4, 0.5) is 5.69 Å². The Balaban J connectivity index is 2.26. The summed E-state index contributed by atoms with van der Waals surface area (Å²) >= 11 is 2.19. The molecule has 0 heterocycles. The van der Waals surface area contributed by atoms with E-state index in [2.05, 4.69) is 27.9 Å². The van der Waals surface area contributed by atoms with Gasteiger partial charge in [-0.25, -0.2) is 4.79 Å². The summed E-state index contributed by atoms with van der Waals surface area (Å²) < 4.78 is 5.80. The van der Waals surface area contributed by atoms with Crippen molar-refractivity contribution in [3.05, 3.63) is 75.5 Å². The topological polar surface area (TPSA) is 55.4 Å². The second-order valence-corrected chi connectivity index (χ2v) is 5.66. The normalized spacial score (nSPS) is 10.9. The van der Waals surface area contributed by atoms with Crippen molar-refractivity contribution in [3.8, 4) is 0 Å². The number of hydrogen-bond acceptors (Lipinski definition) is 4. The first-order valence-electron chi connectivity index (χ1n) is 6.52. The van der Waals surface area contributed by atoms with Crippen LogP contribution in [-0.4, -0.2) is 18.9 Å². The highest BCUT2D eigenvalue weighted by Gasteiger charge is 2.13. The maximum absolute atomic E-state index is 12.2. The second-order valence-electron chi connectivity index (χ2n) is 4.41. The summed E-state index contributed by atoms with van der Waals surface area (Å²) in [5, 5.41) is 2.92. The minimum atomic E-state index is -0.595. The van der Waals surface area contributed by atoms with Crippen LogP contribution in [0, 0.1) is 3.57 Å². The van der Waals surface area contributed by atoms with Crippen LogP contribution in [0.15, 0.2) is 66.4 Å². The highest BCUT2D eigenvalue weighted by atomic mass is 127. The summed E-state index contributed by atoms with van der Waals surface area (Å²) in [7, 11) is 1.28. The van der Waals surface area contributed by atoms with Crippen LogP contribution in [0.5, 0.6) is 0 Å². The summed E-state index contributed by atoms with van der Waals surface area (Å²) in [5.74, 6) is -0.859. The molecule has 2 aromatic rings. The zero-order chi connectivity index (χ0) is 15.9. The number of benzene rings is 2. The number of hydrogen-bond donors (Lipinski definition) is 1. The number of esters is 1. The molecule has 112 valence electrons. The number of methoxy groups -OCH3 is 1. The molecule has 1 N–H and O–H groups in total. The van der Waals surface area contributed by atoms with Crippen molar-refractivity contribution < 1.29 is 14.3 Å². The lowest BCUT2D eigenvalue weighted by Gasteiger charge is -2.09. The monoisotopic (exact) mass is 407 g/mol. The molecule has 0 fully saturated rings. The van der Waals surface area contributed by atoms with Gasteiger partial charge in [-0.2, -0.15) is 0 Å². The molecule has 0 radical (unpaired) electrons. The number of allylic oxidation sites excluding steroid dienone is 1. The molecule has 4 nitrogen and oxygen atoms in total. The molecule has 0 spiro atoms. The molecule has 0 bridgehead atoms. The van der Waals surface area contributed by atoms with Gasteiger partial charge in [0.2, 0.25) is 0 Å². The van der Waals surface area contributed by atoms with Crippen LogP contribution in [-0.2, 0) is 9.53 Å². The lowest BCUT2D eigenvalue weighted by molar-refractivity contribution is -0.135. The molecule has 0 aromatic heterocycles. The largest absolute Gasteiger partial charge is 0.464 e. The van der Waals surface area contributed by atoms with Crippen molar-refractivity contribution in [2.24, 2.45) is 0 Å². The van der Waals surface area contributed by atoms with Gasteiger partial charge in [-0.05, 0) is 46.9 Å². The van der Waals surface area contributed by atoms with E-state index in [4.69, 9.17) is 4.74 Å². The van der Waals surface area contributed by atoms with Gasteiger partial charge >= 0.3 is 5.97 Å². The lowest BCUT2D eigenvalue weighted by atomic mass is 10.1. The Labute approximate surface area is 142 Å². The van der Waals surface area contributed by atoms with Crippen LogP contribution in [0.25, 0.3) is 0 Å². The van der Waals surface area contributed by atoms with Gasteiger partial charge < -0.3 is 10.1 Å². The van der Waals surface area contributed by atoms with Gasteiger partial charge in [-0.1, -0.05) is 30.3 Å². The molecule has 0 saturated heterocycles. The van der Waals surface area contributed by atoms with E-state index in [1.807, 2.05) is 30.3 Å². The van der Waals surface area contributed by atoms with E-state index in [0.29, 0.717) is 11.3 Å². The Morgan fingerprint density at radius 3 is 2.27 bits per heavy atom. The van der Waals surface area contributed by atoms with Crippen molar-refractivity contribution in [1.82, 2.24) is 0 Å². The number of ketones is 1. The van der Waals surface area contributed by atoms with Gasteiger partial charge in [0.1, 0.15) is 5.70 Å². The predicted molar refractivity (Wildman–Crippen MR) is 93.7 cm³/mol. The van der Waals surface area contributed by atoms with E-state index in [-0.39, 0.29) is 11.5 Å². The van der Waals surface area contributed by atoms with E-state index in [1.165, 1.54) is 13.2 Å². The fourth-order valence-corrected chi connectivity index (χ4v) is 2.12. The third-order valence-electron chi connectivity index (χ3n) is 2.86. The Hall–Kier alpha value is -2.15. The van der Waals surface area contributed by atoms with Crippen LogP contribution in [0.2, 0.25) is 0 Å². The zero-order valence-corrected chi connectivity index (χ0v) is 14.0. The molecule has 5 heteroatoms. The number of rotatable bonds is 5. The van der Waals surface area contributed by atoms with E-state index >= 15 is 0 Å². The molecule has 2 aromatic carbocycles. The Bertz CT molecular complexity index is 694. The van der Waals surface area contributed by atoms with E-state index in [9.17, 15) is 9.59 Å². The Morgan fingerprint density at radius 1 is 1.05 bits per heavy atom. The van der Waals surface area contributed by atoms with E-state index < -0.39 is 5.97 Å². The maximum Gasteiger partial charge on any atom is 0.354 e. The average Bonchev–Trinajstić information content (AvgIpc) is 2.56. The van der Waals surface area contributed by atoms with Crippen molar-refractivity contribution >= 4 is 40.0 Å². The van der Waals surface area contributed by atoms with Crippen molar-refractivity contribution in [3.63, 3.8) is 0 Å². The smallest absolute Gasteiger partial charge is 0.354 e. The number of halogens is 1.